The Labute approximate surface area is 38.7 Å². The van der Waals surface area contributed by atoms with Crippen LogP contribution in [-0.2, 0) is 4.84 Å². The van der Waals surface area contributed by atoms with E-state index < -0.39 is 0 Å². The molecule has 38 valence electrons. The monoisotopic (exact) mass is 89.1 g/mol. The van der Waals surface area contributed by atoms with Gasteiger partial charge in [0.25, 0.3) is 0 Å². The summed E-state index contributed by atoms with van der Waals surface area (Å²) >= 11 is 0. The third-order valence-corrected chi connectivity index (χ3v) is 0.757. The predicted octanol–water partition coefficient (Wildman–Crippen LogP) is 0.499. The van der Waals surface area contributed by atoms with Gasteiger partial charge in [-0.2, -0.15) is 5.06 Å². The second kappa shape index (κ2) is 3.12. The number of rotatable bonds is 2. The van der Waals surface area contributed by atoms with E-state index in [9.17, 15) is 0 Å². The fraction of sp³-hybridized carbons (Fsp3) is 1.00. The van der Waals surface area contributed by atoms with Crippen LogP contribution in [0.25, 0.3) is 0 Å². The van der Waals surface area contributed by atoms with Gasteiger partial charge in [-0.05, 0) is 0 Å². The average Bonchev–Trinajstić information content (AvgIpc) is 1.65. The summed E-state index contributed by atoms with van der Waals surface area (Å²) in [4.78, 5) is 4.73. The minimum atomic E-state index is 0.941. The van der Waals surface area contributed by atoms with Crippen LogP contribution < -0.4 is 0 Å². The van der Waals surface area contributed by atoms with E-state index in [1.54, 1.807) is 12.2 Å². The highest BCUT2D eigenvalue weighted by Gasteiger charge is 1.81. The van der Waals surface area contributed by atoms with Crippen LogP contribution in [0, 0.1) is 0 Å². The molecule has 0 atom stereocenters. The Kier molecular flexibility index (Phi) is 3.08. The predicted molar refractivity (Wildman–Crippen MR) is 25.3 cm³/mol. The maximum absolute atomic E-state index is 4.73. The molecule has 2 nitrogen and oxygen atoms in total. The summed E-state index contributed by atoms with van der Waals surface area (Å²) in [5.74, 6) is 0. The molecule has 0 fully saturated rings. The van der Waals surface area contributed by atoms with E-state index in [0.29, 0.717) is 0 Å². The van der Waals surface area contributed by atoms with Crippen molar-refractivity contribution in [2.24, 2.45) is 0 Å². The van der Waals surface area contributed by atoms with Crippen LogP contribution in [0.1, 0.15) is 6.92 Å². The Balaban J connectivity index is 2.75. The zero-order valence-electron chi connectivity index (χ0n) is 4.56. The summed E-state index contributed by atoms with van der Waals surface area (Å²) in [5, 5.41) is 1.75. The Morgan fingerprint density at radius 1 is 1.67 bits per heavy atom. The maximum Gasteiger partial charge on any atom is 0.0575 e. The third-order valence-electron chi connectivity index (χ3n) is 0.757. The first-order chi connectivity index (χ1) is 2.81. The lowest BCUT2D eigenvalue weighted by molar-refractivity contribution is -0.104. The van der Waals surface area contributed by atoms with Gasteiger partial charge in [-0.15, -0.1) is 0 Å². The van der Waals surface area contributed by atoms with Gasteiger partial charge < -0.3 is 4.84 Å². The fourth-order valence-corrected chi connectivity index (χ4v) is 0.129. The molecule has 0 radical (unpaired) electrons. The van der Waals surface area contributed by atoms with Gasteiger partial charge in [0.1, 0.15) is 0 Å². The highest BCUT2D eigenvalue weighted by molar-refractivity contribution is 4.18. The SMILES string of the molecule is CCN(C)OC. The molecule has 0 aliphatic carbocycles. The van der Waals surface area contributed by atoms with E-state index >= 15 is 0 Å². The van der Waals surface area contributed by atoms with Crippen LogP contribution in [-0.4, -0.2) is 25.8 Å². The molecule has 0 rings (SSSR count). The average molecular weight is 89.1 g/mol. The minimum Gasteiger partial charge on any atom is -0.303 e. The van der Waals surface area contributed by atoms with E-state index in [1.807, 2.05) is 14.0 Å². The number of hydrogen-bond acceptors (Lipinski definition) is 2. The minimum absolute atomic E-state index is 0.941. The van der Waals surface area contributed by atoms with Crippen LogP contribution in [0.4, 0.5) is 0 Å². The lowest BCUT2D eigenvalue weighted by Gasteiger charge is -2.07. The van der Waals surface area contributed by atoms with E-state index in [-0.39, 0.29) is 0 Å². The molecule has 0 aromatic carbocycles. The Hall–Kier alpha value is -0.0800. The van der Waals surface area contributed by atoms with Gasteiger partial charge in [0, 0.05) is 13.6 Å². The molecule has 0 spiro atoms. The van der Waals surface area contributed by atoms with Crippen molar-refractivity contribution >= 4 is 0 Å². The van der Waals surface area contributed by atoms with Gasteiger partial charge >= 0.3 is 0 Å². The molecule has 0 saturated carbocycles. The summed E-state index contributed by atoms with van der Waals surface area (Å²) in [6.45, 7) is 2.97. The second-order valence-electron chi connectivity index (χ2n) is 1.13. The van der Waals surface area contributed by atoms with Crippen molar-refractivity contribution in [2.45, 2.75) is 6.92 Å². The fourth-order valence-electron chi connectivity index (χ4n) is 0.129. The van der Waals surface area contributed by atoms with Crippen molar-refractivity contribution in [2.75, 3.05) is 20.7 Å². The van der Waals surface area contributed by atoms with Gasteiger partial charge in [-0.3, -0.25) is 0 Å². The number of hydroxylamine groups is 2. The zero-order chi connectivity index (χ0) is 4.99. The lowest BCUT2D eigenvalue weighted by atomic mass is 10.8. The molecular weight excluding hydrogens is 78.0 g/mol. The van der Waals surface area contributed by atoms with Crippen molar-refractivity contribution in [3.8, 4) is 0 Å². The van der Waals surface area contributed by atoms with Crippen molar-refractivity contribution < 1.29 is 4.84 Å². The van der Waals surface area contributed by atoms with E-state index in [2.05, 4.69) is 0 Å². The van der Waals surface area contributed by atoms with Crippen LogP contribution >= 0.6 is 0 Å². The molecule has 0 amide bonds. The van der Waals surface area contributed by atoms with Crippen LogP contribution in [0.3, 0.4) is 0 Å². The quantitative estimate of drug-likeness (QED) is 0.457. The highest BCUT2D eigenvalue weighted by atomic mass is 16.7. The van der Waals surface area contributed by atoms with Gasteiger partial charge in [0.05, 0.1) is 7.11 Å². The van der Waals surface area contributed by atoms with Crippen molar-refractivity contribution in [1.82, 2.24) is 5.06 Å². The zero-order valence-corrected chi connectivity index (χ0v) is 4.56. The van der Waals surface area contributed by atoms with Gasteiger partial charge in [0.2, 0.25) is 0 Å². The summed E-state index contributed by atoms with van der Waals surface area (Å²) in [6.07, 6.45) is 0. The maximum atomic E-state index is 4.73. The Morgan fingerprint density at radius 3 is 2.17 bits per heavy atom. The summed E-state index contributed by atoms with van der Waals surface area (Å²) in [5.41, 5.74) is 0. The van der Waals surface area contributed by atoms with Gasteiger partial charge in [-0.1, -0.05) is 6.92 Å². The molecular formula is C4H11NO. The van der Waals surface area contributed by atoms with Gasteiger partial charge in [0.15, 0.2) is 0 Å². The third kappa shape index (κ3) is 2.18. The van der Waals surface area contributed by atoms with E-state index in [0.717, 1.165) is 6.54 Å². The van der Waals surface area contributed by atoms with Crippen LogP contribution in [0.5, 0.6) is 0 Å². The first-order valence-electron chi connectivity index (χ1n) is 2.06. The summed E-state index contributed by atoms with van der Waals surface area (Å²) < 4.78 is 0. The largest absolute Gasteiger partial charge is 0.303 e. The number of nitrogens with zero attached hydrogens (tertiary/aromatic N) is 1. The summed E-state index contributed by atoms with van der Waals surface area (Å²) in [7, 11) is 3.55. The van der Waals surface area contributed by atoms with E-state index in [4.69, 9.17) is 4.84 Å². The topological polar surface area (TPSA) is 12.5 Å². The smallest absolute Gasteiger partial charge is 0.0575 e. The molecule has 0 aromatic heterocycles. The molecule has 0 bridgehead atoms. The molecule has 0 aromatic rings. The Bertz CT molecular complexity index is 26.7. The molecule has 0 unspecified atom stereocenters. The molecule has 0 heterocycles. The van der Waals surface area contributed by atoms with Crippen molar-refractivity contribution in [3.05, 3.63) is 0 Å². The molecule has 6 heavy (non-hydrogen) atoms. The van der Waals surface area contributed by atoms with Gasteiger partial charge in [-0.25, -0.2) is 0 Å². The highest BCUT2D eigenvalue weighted by Crippen LogP contribution is 1.74. The Morgan fingerprint density at radius 2 is 2.17 bits per heavy atom. The lowest BCUT2D eigenvalue weighted by Crippen LogP contribution is -2.14. The normalized spacial score (nSPS) is 10.0. The molecule has 0 N–H and O–H groups in total. The molecule has 2 heteroatoms. The second-order valence-corrected chi connectivity index (χ2v) is 1.13. The summed E-state index contributed by atoms with van der Waals surface area (Å²) in [6, 6.07) is 0. The molecule has 0 aliphatic rings. The molecule has 0 saturated heterocycles. The van der Waals surface area contributed by atoms with Crippen LogP contribution in [0.15, 0.2) is 0 Å². The number of hydrogen-bond donors (Lipinski definition) is 0. The first kappa shape index (κ1) is 5.92. The van der Waals surface area contributed by atoms with E-state index in [1.165, 1.54) is 0 Å². The van der Waals surface area contributed by atoms with Crippen LogP contribution in [0.2, 0.25) is 0 Å². The molecule has 0 aliphatic heterocycles. The first-order valence-corrected chi connectivity index (χ1v) is 2.06. The van der Waals surface area contributed by atoms with Crippen molar-refractivity contribution in [1.29, 1.82) is 0 Å². The standard InChI is InChI=1S/C4H11NO/c1-4-5(2)6-3/h4H2,1-3H3. The van der Waals surface area contributed by atoms with Crippen molar-refractivity contribution in [3.63, 3.8) is 0 Å².